The molecule has 0 aliphatic heterocycles. The Morgan fingerprint density at radius 3 is 2.52 bits per heavy atom. The van der Waals surface area contributed by atoms with Gasteiger partial charge in [-0.25, -0.2) is 13.1 Å². The van der Waals surface area contributed by atoms with Crippen LogP contribution in [0.1, 0.15) is 29.5 Å². The van der Waals surface area contributed by atoms with E-state index in [9.17, 15) is 13.2 Å². The lowest BCUT2D eigenvalue weighted by Crippen LogP contribution is -2.32. The van der Waals surface area contributed by atoms with Gasteiger partial charge in [0, 0.05) is 6.04 Å². The molecule has 0 unspecified atom stereocenters. The summed E-state index contributed by atoms with van der Waals surface area (Å²) < 4.78 is 30.4. The van der Waals surface area contributed by atoms with E-state index in [-0.39, 0.29) is 16.9 Å². The lowest BCUT2D eigenvalue weighted by molar-refractivity contribution is 0.0905. The zero-order valence-electron chi connectivity index (χ0n) is 13.1. The molecule has 1 amide bonds. The maximum Gasteiger partial charge on any atom is 0.287 e. The van der Waals surface area contributed by atoms with E-state index in [0.29, 0.717) is 0 Å². The van der Waals surface area contributed by atoms with E-state index in [2.05, 4.69) is 10.0 Å². The molecule has 0 bridgehead atoms. The van der Waals surface area contributed by atoms with Gasteiger partial charge in [-0.05, 0) is 44.5 Å². The third-order valence-electron chi connectivity index (χ3n) is 3.43. The van der Waals surface area contributed by atoms with Crippen molar-refractivity contribution in [2.24, 2.45) is 0 Å². The van der Waals surface area contributed by atoms with Crippen LogP contribution in [0, 0.1) is 0 Å². The van der Waals surface area contributed by atoms with Crippen LogP contribution in [0.15, 0.2) is 52.0 Å². The normalized spacial score (nSPS) is 12.8. The lowest BCUT2D eigenvalue weighted by atomic mass is 10.1. The smallest absolute Gasteiger partial charge is 0.287 e. The first-order valence-electron chi connectivity index (χ1n) is 7.30. The molecule has 0 aliphatic rings. The van der Waals surface area contributed by atoms with Gasteiger partial charge >= 0.3 is 0 Å². The predicted octanol–water partition coefficient (Wildman–Crippen LogP) is 1.94. The number of hydrogen-bond acceptors (Lipinski definition) is 4. The quantitative estimate of drug-likeness (QED) is 0.809. The zero-order valence-corrected chi connectivity index (χ0v) is 13.9. The first-order valence-corrected chi connectivity index (χ1v) is 8.79. The number of sulfonamides is 1. The molecule has 0 aliphatic carbocycles. The van der Waals surface area contributed by atoms with Crippen molar-refractivity contribution >= 4 is 15.9 Å². The number of rotatable bonds is 7. The third kappa shape index (κ3) is 4.67. The van der Waals surface area contributed by atoms with Crippen molar-refractivity contribution in [1.29, 1.82) is 0 Å². The number of hydrogen-bond donors (Lipinski definition) is 2. The number of aryl methyl sites for hydroxylation is 1. The maximum atomic E-state index is 12.1. The van der Waals surface area contributed by atoms with E-state index in [0.717, 1.165) is 12.8 Å². The summed E-state index contributed by atoms with van der Waals surface area (Å²) in [6.07, 6.45) is 1.62. The van der Waals surface area contributed by atoms with Crippen LogP contribution >= 0.6 is 0 Å². The van der Waals surface area contributed by atoms with E-state index in [1.54, 1.807) is 0 Å². The highest BCUT2D eigenvalue weighted by atomic mass is 32.2. The number of nitrogens with one attached hydrogen (secondary N) is 2. The summed E-state index contributed by atoms with van der Waals surface area (Å²) in [7, 11) is -2.40. The van der Waals surface area contributed by atoms with Crippen LogP contribution < -0.4 is 10.0 Å². The summed E-state index contributed by atoms with van der Waals surface area (Å²) in [5.74, 6) is -0.450. The van der Waals surface area contributed by atoms with Gasteiger partial charge in [0.2, 0.25) is 5.09 Å². The van der Waals surface area contributed by atoms with Gasteiger partial charge in [0.15, 0.2) is 5.76 Å². The standard InChI is InChI=1S/C16H20N2O4S/c1-12(8-9-13-6-4-3-5-7-13)18-16(19)14-10-11-15(22-14)23(20,21)17-2/h3-7,10-12,17H,8-9H2,1-2H3,(H,18,19)/t12-/m1/s1. The Balaban J connectivity index is 1.91. The molecule has 0 fully saturated rings. The molecule has 0 spiro atoms. The second-order valence-electron chi connectivity index (χ2n) is 5.23. The van der Waals surface area contributed by atoms with E-state index >= 15 is 0 Å². The molecule has 7 heteroatoms. The first kappa shape index (κ1) is 17.2. The molecule has 1 atom stereocenters. The number of amides is 1. The number of furan rings is 1. The highest BCUT2D eigenvalue weighted by molar-refractivity contribution is 7.89. The molecule has 6 nitrogen and oxygen atoms in total. The highest BCUT2D eigenvalue weighted by Gasteiger charge is 2.20. The second kappa shape index (κ2) is 7.43. The van der Waals surface area contributed by atoms with Crippen LogP contribution in [-0.4, -0.2) is 27.4 Å². The predicted molar refractivity (Wildman–Crippen MR) is 86.6 cm³/mol. The molecule has 1 heterocycles. The highest BCUT2D eigenvalue weighted by Crippen LogP contribution is 2.14. The van der Waals surface area contributed by atoms with Gasteiger partial charge < -0.3 is 9.73 Å². The largest absolute Gasteiger partial charge is 0.438 e. The molecule has 2 aromatic rings. The molecular weight excluding hydrogens is 316 g/mol. The molecule has 2 rings (SSSR count). The molecule has 1 aromatic heterocycles. The molecule has 1 aromatic carbocycles. The Morgan fingerprint density at radius 2 is 1.87 bits per heavy atom. The second-order valence-corrected chi connectivity index (χ2v) is 7.04. The number of carbonyl (C=O) groups is 1. The molecule has 0 radical (unpaired) electrons. The Kier molecular flexibility index (Phi) is 5.57. The topological polar surface area (TPSA) is 88.4 Å². The number of benzene rings is 1. The Morgan fingerprint density at radius 1 is 1.17 bits per heavy atom. The Labute approximate surface area is 135 Å². The SMILES string of the molecule is CNS(=O)(=O)c1ccc(C(=O)N[C@H](C)CCc2ccccc2)o1. The van der Waals surface area contributed by atoms with Crippen LogP contribution in [-0.2, 0) is 16.4 Å². The van der Waals surface area contributed by atoms with Crippen molar-refractivity contribution in [2.45, 2.75) is 30.9 Å². The van der Waals surface area contributed by atoms with Crippen molar-refractivity contribution < 1.29 is 17.6 Å². The van der Waals surface area contributed by atoms with Crippen molar-refractivity contribution in [2.75, 3.05) is 7.05 Å². The van der Waals surface area contributed by atoms with Crippen LogP contribution in [0.5, 0.6) is 0 Å². The minimum Gasteiger partial charge on any atom is -0.438 e. The summed E-state index contributed by atoms with van der Waals surface area (Å²) in [5.41, 5.74) is 1.20. The van der Waals surface area contributed by atoms with Crippen molar-refractivity contribution in [3.63, 3.8) is 0 Å². The van der Waals surface area contributed by atoms with E-state index in [1.807, 2.05) is 37.3 Å². The molecule has 124 valence electrons. The van der Waals surface area contributed by atoms with E-state index < -0.39 is 15.9 Å². The monoisotopic (exact) mass is 336 g/mol. The summed E-state index contributed by atoms with van der Waals surface area (Å²) in [5, 5.41) is 2.53. The molecule has 23 heavy (non-hydrogen) atoms. The van der Waals surface area contributed by atoms with Gasteiger partial charge in [-0.2, -0.15) is 0 Å². The minimum atomic E-state index is -3.68. The first-order chi connectivity index (χ1) is 10.9. The van der Waals surface area contributed by atoms with Crippen LogP contribution in [0.25, 0.3) is 0 Å². The fourth-order valence-corrected chi connectivity index (χ4v) is 2.73. The Bertz CT molecular complexity index is 753. The zero-order chi connectivity index (χ0) is 16.9. The van der Waals surface area contributed by atoms with Crippen molar-refractivity contribution in [3.05, 3.63) is 53.8 Å². The molecule has 0 saturated carbocycles. The van der Waals surface area contributed by atoms with Gasteiger partial charge in [-0.15, -0.1) is 0 Å². The Hall–Kier alpha value is -2.12. The van der Waals surface area contributed by atoms with Gasteiger partial charge in [0.1, 0.15) is 0 Å². The summed E-state index contributed by atoms with van der Waals surface area (Å²) in [6.45, 7) is 1.90. The van der Waals surface area contributed by atoms with Gasteiger partial charge in [0.25, 0.3) is 15.9 Å². The van der Waals surface area contributed by atoms with Crippen molar-refractivity contribution in [3.8, 4) is 0 Å². The fourth-order valence-electron chi connectivity index (χ4n) is 2.08. The summed E-state index contributed by atoms with van der Waals surface area (Å²) in [6, 6.07) is 12.5. The van der Waals surface area contributed by atoms with Crippen LogP contribution in [0.3, 0.4) is 0 Å². The summed E-state index contributed by atoms with van der Waals surface area (Å²) in [4.78, 5) is 12.1. The van der Waals surface area contributed by atoms with E-state index in [1.165, 1.54) is 24.7 Å². The molecule has 0 saturated heterocycles. The fraction of sp³-hybridized carbons (Fsp3) is 0.312. The van der Waals surface area contributed by atoms with Gasteiger partial charge in [-0.3, -0.25) is 4.79 Å². The van der Waals surface area contributed by atoms with Gasteiger partial charge in [0.05, 0.1) is 0 Å². The van der Waals surface area contributed by atoms with E-state index in [4.69, 9.17) is 4.42 Å². The average Bonchev–Trinajstić information content (AvgIpc) is 3.05. The number of carbonyl (C=O) groups excluding carboxylic acids is 1. The van der Waals surface area contributed by atoms with Crippen molar-refractivity contribution in [1.82, 2.24) is 10.0 Å². The molecule has 2 N–H and O–H groups in total. The van der Waals surface area contributed by atoms with Crippen LogP contribution in [0.4, 0.5) is 0 Å². The van der Waals surface area contributed by atoms with Crippen LogP contribution in [0.2, 0.25) is 0 Å². The molecular formula is C16H20N2O4S. The minimum absolute atomic E-state index is 0.0228. The van der Waals surface area contributed by atoms with Gasteiger partial charge in [-0.1, -0.05) is 30.3 Å². The summed E-state index contributed by atoms with van der Waals surface area (Å²) >= 11 is 0. The lowest BCUT2D eigenvalue weighted by Gasteiger charge is -2.12. The average molecular weight is 336 g/mol. The maximum absolute atomic E-state index is 12.1. The third-order valence-corrected chi connectivity index (χ3v) is 4.71.